The lowest BCUT2D eigenvalue weighted by Crippen LogP contribution is -2.07. The Kier molecular flexibility index (Phi) is 5.86. The molecule has 0 fully saturated rings. The van der Waals surface area contributed by atoms with E-state index in [9.17, 15) is 0 Å². The smallest absolute Gasteiger partial charge is 0.125 e. The first-order valence-corrected chi connectivity index (χ1v) is 7.26. The molecule has 0 spiro atoms. The van der Waals surface area contributed by atoms with Crippen molar-refractivity contribution in [3.05, 3.63) is 53.2 Å². The van der Waals surface area contributed by atoms with Crippen LogP contribution in [0.3, 0.4) is 0 Å². The van der Waals surface area contributed by atoms with E-state index in [1.807, 2.05) is 30.3 Å². The van der Waals surface area contributed by atoms with Crippen LogP contribution >= 0.6 is 11.6 Å². The highest BCUT2D eigenvalue weighted by atomic mass is 35.5. The van der Waals surface area contributed by atoms with E-state index < -0.39 is 0 Å². The van der Waals surface area contributed by atoms with Crippen molar-refractivity contribution in [1.82, 2.24) is 4.98 Å². The Balaban J connectivity index is 1.64. The molecule has 0 amide bonds. The maximum absolute atomic E-state index is 8.81. The molecule has 2 rings (SSSR count). The number of halogens is 1. The van der Waals surface area contributed by atoms with Crippen LogP contribution in [-0.2, 0) is 0 Å². The summed E-state index contributed by atoms with van der Waals surface area (Å²) < 4.78 is 0. The molecule has 1 aromatic carbocycles. The fraction of sp³-hybridized carbons (Fsp3) is 0.250. The summed E-state index contributed by atoms with van der Waals surface area (Å²) in [4.78, 5) is 4.20. The zero-order valence-electron chi connectivity index (χ0n) is 11.6. The van der Waals surface area contributed by atoms with Gasteiger partial charge in [0, 0.05) is 25.0 Å². The van der Waals surface area contributed by atoms with E-state index in [0.29, 0.717) is 10.6 Å². The first kappa shape index (κ1) is 15.1. The summed E-state index contributed by atoms with van der Waals surface area (Å²) in [7, 11) is 0. The number of aromatic nitrogens is 1. The molecule has 0 aliphatic heterocycles. The average Bonchev–Trinajstić information content (AvgIpc) is 2.52. The van der Waals surface area contributed by atoms with E-state index in [1.165, 1.54) is 0 Å². The first-order chi connectivity index (χ1) is 10.3. The highest BCUT2D eigenvalue weighted by Crippen LogP contribution is 2.20. The van der Waals surface area contributed by atoms with Gasteiger partial charge in [-0.3, -0.25) is 0 Å². The molecule has 0 saturated carbocycles. The summed E-state index contributed by atoms with van der Waals surface area (Å²) in [5.74, 6) is 0.907. The summed E-state index contributed by atoms with van der Waals surface area (Å²) >= 11 is 5.98. The van der Waals surface area contributed by atoms with Crippen molar-refractivity contribution in [2.24, 2.45) is 0 Å². The van der Waals surface area contributed by atoms with Crippen LogP contribution in [0.2, 0.25) is 5.02 Å². The maximum atomic E-state index is 8.81. The summed E-state index contributed by atoms with van der Waals surface area (Å²) in [6, 6.07) is 13.3. The number of nitrogens with zero attached hydrogens (tertiary/aromatic N) is 2. The molecule has 2 aromatic rings. The zero-order valence-corrected chi connectivity index (χ0v) is 12.4. The van der Waals surface area contributed by atoms with Gasteiger partial charge in [-0.15, -0.1) is 0 Å². The highest BCUT2D eigenvalue weighted by molar-refractivity contribution is 6.32. The minimum absolute atomic E-state index is 0.485. The van der Waals surface area contributed by atoms with Gasteiger partial charge in [0.25, 0.3) is 0 Å². The van der Waals surface area contributed by atoms with E-state index in [1.54, 1.807) is 18.3 Å². The number of anilines is 2. The normalized spacial score (nSPS) is 9.90. The number of benzene rings is 1. The fourth-order valence-corrected chi connectivity index (χ4v) is 2.11. The van der Waals surface area contributed by atoms with E-state index in [-0.39, 0.29) is 0 Å². The second-order valence-electron chi connectivity index (χ2n) is 4.58. The largest absolute Gasteiger partial charge is 0.385 e. The van der Waals surface area contributed by atoms with Crippen LogP contribution in [0.5, 0.6) is 0 Å². The van der Waals surface area contributed by atoms with Crippen molar-refractivity contribution in [1.29, 1.82) is 5.26 Å². The van der Waals surface area contributed by atoms with Gasteiger partial charge in [-0.1, -0.05) is 17.7 Å². The van der Waals surface area contributed by atoms with Gasteiger partial charge in [0.05, 0.1) is 10.6 Å². The van der Waals surface area contributed by atoms with Crippen LogP contribution in [0.4, 0.5) is 11.5 Å². The van der Waals surface area contributed by atoms with Gasteiger partial charge >= 0.3 is 0 Å². The van der Waals surface area contributed by atoms with Crippen LogP contribution < -0.4 is 10.6 Å². The molecule has 1 heterocycles. The Hall–Kier alpha value is -2.25. The molecule has 21 heavy (non-hydrogen) atoms. The van der Waals surface area contributed by atoms with Gasteiger partial charge in [0.2, 0.25) is 0 Å². The number of nitrogens with one attached hydrogen (secondary N) is 2. The van der Waals surface area contributed by atoms with Crippen molar-refractivity contribution in [3.63, 3.8) is 0 Å². The van der Waals surface area contributed by atoms with Gasteiger partial charge in [-0.25, -0.2) is 4.98 Å². The topological polar surface area (TPSA) is 60.7 Å². The van der Waals surface area contributed by atoms with E-state index in [2.05, 4.69) is 15.6 Å². The molecular formula is C16H17ClN4. The number of unbranched alkanes of at least 4 members (excludes halogenated alkanes) is 1. The van der Waals surface area contributed by atoms with Crippen molar-refractivity contribution in [2.75, 3.05) is 23.7 Å². The van der Waals surface area contributed by atoms with Crippen molar-refractivity contribution in [2.45, 2.75) is 12.8 Å². The molecule has 0 aliphatic carbocycles. The zero-order chi connectivity index (χ0) is 14.9. The Morgan fingerprint density at radius 3 is 2.57 bits per heavy atom. The van der Waals surface area contributed by atoms with Crippen LogP contribution in [0.1, 0.15) is 18.4 Å². The summed E-state index contributed by atoms with van der Waals surface area (Å²) in [6.07, 6.45) is 3.86. The molecule has 0 radical (unpaired) electrons. The van der Waals surface area contributed by atoms with Gasteiger partial charge in [-0.05, 0) is 43.2 Å². The molecule has 108 valence electrons. The molecule has 0 aliphatic rings. The SMILES string of the molecule is N#Cc1ccc(NCCCCNc2ccccn2)cc1Cl. The average molecular weight is 301 g/mol. The minimum atomic E-state index is 0.485. The van der Waals surface area contributed by atoms with Crippen LogP contribution in [0, 0.1) is 11.3 Å². The van der Waals surface area contributed by atoms with Crippen molar-refractivity contribution in [3.8, 4) is 6.07 Å². The quantitative estimate of drug-likeness (QED) is 0.761. The summed E-state index contributed by atoms with van der Waals surface area (Å²) in [5, 5.41) is 15.9. The second kappa shape index (κ2) is 8.13. The summed E-state index contributed by atoms with van der Waals surface area (Å²) in [5.41, 5.74) is 1.44. The van der Waals surface area contributed by atoms with Gasteiger partial charge in [0.1, 0.15) is 11.9 Å². The third kappa shape index (κ3) is 4.97. The number of hydrogen-bond donors (Lipinski definition) is 2. The Bertz CT molecular complexity index is 607. The lowest BCUT2D eigenvalue weighted by molar-refractivity contribution is 0.793. The first-order valence-electron chi connectivity index (χ1n) is 6.88. The number of pyridine rings is 1. The minimum Gasteiger partial charge on any atom is -0.385 e. The standard InChI is InChI=1S/C16H17ClN4/c17-15-11-14(7-6-13(15)12-18)19-8-3-4-10-21-16-5-1-2-9-20-16/h1-2,5-7,9,11,19H,3-4,8,10H2,(H,20,21). The molecule has 0 bridgehead atoms. The molecule has 4 nitrogen and oxygen atoms in total. The van der Waals surface area contributed by atoms with Crippen molar-refractivity contribution < 1.29 is 0 Å². The highest BCUT2D eigenvalue weighted by Gasteiger charge is 2.00. The molecule has 1 aromatic heterocycles. The molecule has 5 heteroatoms. The van der Waals surface area contributed by atoms with E-state index in [0.717, 1.165) is 37.4 Å². The summed E-state index contributed by atoms with van der Waals surface area (Å²) in [6.45, 7) is 1.76. The third-order valence-electron chi connectivity index (χ3n) is 2.99. The Morgan fingerprint density at radius 1 is 1.10 bits per heavy atom. The third-order valence-corrected chi connectivity index (χ3v) is 3.31. The van der Waals surface area contributed by atoms with Crippen molar-refractivity contribution >= 4 is 23.1 Å². The molecule has 0 saturated heterocycles. The lowest BCUT2D eigenvalue weighted by Gasteiger charge is -2.08. The maximum Gasteiger partial charge on any atom is 0.125 e. The van der Waals surface area contributed by atoms with Gasteiger partial charge in [-0.2, -0.15) is 5.26 Å². The Morgan fingerprint density at radius 2 is 1.90 bits per heavy atom. The lowest BCUT2D eigenvalue weighted by atomic mass is 10.2. The van der Waals surface area contributed by atoms with Crippen LogP contribution in [-0.4, -0.2) is 18.1 Å². The predicted octanol–water partition coefficient (Wildman–Crippen LogP) is 3.91. The molecule has 2 N–H and O–H groups in total. The van der Waals surface area contributed by atoms with E-state index >= 15 is 0 Å². The molecular weight excluding hydrogens is 284 g/mol. The number of rotatable bonds is 7. The van der Waals surface area contributed by atoms with Gasteiger partial charge < -0.3 is 10.6 Å². The monoisotopic (exact) mass is 300 g/mol. The van der Waals surface area contributed by atoms with Crippen LogP contribution in [0.25, 0.3) is 0 Å². The fourth-order valence-electron chi connectivity index (χ4n) is 1.88. The molecule has 0 unspecified atom stereocenters. The predicted molar refractivity (Wildman–Crippen MR) is 86.6 cm³/mol. The van der Waals surface area contributed by atoms with Gasteiger partial charge in [0.15, 0.2) is 0 Å². The Labute approximate surface area is 129 Å². The number of hydrogen-bond acceptors (Lipinski definition) is 4. The van der Waals surface area contributed by atoms with Crippen LogP contribution in [0.15, 0.2) is 42.6 Å². The second-order valence-corrected chi connectivity index (χ2v) is 4.99. The number of nitriles is 1. The van der Waals surface area contributed by atoms with E-state index in [4.69, 9.17) is 16.9 Å². The molecule has 0 atom stereocenters.